The predicted octanol–water partition coefficient (Wildman–Crippen LogP) is 3.16. The van der Waals surface area contributed by atoms with Crippen molar-refractivity contribution in [3.8, 4) is 0 Å². The van der Waals surface area contributed by atoms with Crippen LogP contribution >= 0.6 is 15.9 Å². The van der Waals surface area contributed by atoms with E-state index >= 15 is 0 Å². The molecule has 0 aliphatic rings. The predicted molar refractivity (Wildman–Crippen MR) is 71.8 cm³/mol. The lowest BCUT2D eigenvalue weighted by molar-refractivity contribution is 0.470. The lowest BCUT2D eigenvalue weighted by atomic mass is 10.1. The molecule has 1 heterocycles. The molecule has 0 saturated carbocycles. The number of nitrogens with zero attached hydrogens (tertiary/aromatic N) is 2. The molecule has 1 aromatic heterocycles. The molecule has 0 amide bonds. The molecule has 4 heteroatoms. The van der Waals surface area contributed by atoms with Crippen molar-refractivity contribution in [1.82, 2.24) is 15.1 Å². The molecule has 0 aliphatic heterocycles. The number of halogens is 1. The highest BCUT2D eigenvalue weighted by Gasteiger charge is 2.12. The van der Waals surface area contributed by atoms with E-state index in [0.29, 0.717) is 12.1 Å². The van der Waals surface area contributed by atoms with Crippen molar-refractivity contribution in [3.05, 3.63) is 16.4 Å². The van der Waals surface area contributed by atoms with Crippen molar-refractivity contribution >= 4 is 15.9 Å². The molecule has 1 rings (SSSR count). The van der Waals surface area contributed by atoms with Gasteiger partial charge in [0.25, 0.3) is 0 Å². The first-order valence-corrected chi connectivity index (χ1v) is 6.78. The standard InChI is InChI=1S/C12H22BrN3/c1-5-10(14-4)6-7-12-11(13)8-15-16(12)9(2)3/h8-10,14H,5-7H2,1-4H3. The van der Waals surface area contributed by atoms with Gasteiger partial charge in [-0.25, -0.2) is 0 Å². The first-order valence-electron chi connectivity index (χ1n) is 5.99. The molecule has 1 unspecified atom stereocenters. The summed E-state index contributed by atoms with van der Waals surface area (Å²) in [6.45, 7) is 6.55. The third-order valence-corrected chi connectivity index (χ3v) is 3.63. The lowest BCUT2D eigenvalue weighted by Crippen LogP contribution is -2.25. The molecule has 0 spiro atoms. The summed E-state index contributed by atoms with van der Waals surface area (Å²) in [7, 11) is 2.03. The van der Waals surface area contributed by atoms with Crippen molar-refractivity contribution in [2.45, 2.75) is 52.1 Å². The molecule has 0 aromatic carbocycles. The smallest absolute Gasteiger partial charge is 0.0635 e. The fraction of sp³-hybridized carbons (Fsp3) is 0.750. The van der Waals surface area contributed by atoms with Crippen LogP contribution in [0.25, 0.3) is 0 Å². The number of hydrogen-bond donors (Lipinski definition) is 1. The number of aromatic nitrogens is 2. The fourth-order valence-electron chi connectivity index (χ4n) is 1.91. The van der Waals surface area contributed by atoms with Gasteiger partial charge in [-0.1, -0.05) is 6.92 Å². The van der Waals surface area contributed by atoms with Crippen LogP contribution in [0.3, 0.4) is 0 Å². The molecule has 1 N–H and O–H groups in total. The first-order chi connectivity index (χ1) is 7.60. The molecule has 1 aromatic rings. The lowest BCUT2D eigenvalue weighted by Gasteiger charge is -2.16. The largest absolute Gasteiger partial charge is 0.317 e. The minimum absolute atomic E-state index is 0.427. The molecule has 1 atom stereocenters. The Balaban J connectivity index is 2.68. The summed E-state index contributed by atoms with van der Waals surface area (Å²) < 4.78 is 3.24. The fourth-order valence-corrected chi connectivity index (χ4v) is 2.38. The molecular formula is C12H22BrN3. The van der Waals surface area contributed by atoms with Crippen molar-refractivity contribution in [2.75, 3.05) is 7.05 Å². The minimum atomic E-state index is 0.427. The monoisotopic (exact) mass is 287 g/mol. The topological polar surface area (TPSA) is 29.9 Å². The molecule has 3 nitrogen and oxygen atoms in total. The minimum Gasteiger partial charge on any atom is -0.317 e. The van der Waals surface area contributed by atoms with Gasteiger partial charge in [-0.05, 0) is 56.1 Å². The molecule has 0 saturated heterocycles. The summed E-state index contributed by atoms with van der Waals surface area (Å²) in [6.07, 6.45) is 5.29. The summed E-state index contributed by atoms with van der Waals surface area (Å²) in [4.78, 5) is 0. The zero-order valence-electron chi connectivity index (χ0n) is 10.6. The molecule has 0 radical (unpaired) electrons. The van der Waals surface area contributed by atoms with Crippen LogP contribution in [-0.4, -0.2) is 22.9 Å². The summed E-state index contributed by atoms with van der Waals surface area (Å²) in [6, 6.07) is 1.03. The Hall–Kier alpha value is -0.350. The Labute approximate surface area is 107 Å². The Morgan fingerprint density at radius 2 is 2.19 bits per heavy atom. The van der Waals surface area contributed by atoms with Crippen LogP contribution in [0.1, 0.15) is 45.3 Å². The highest BCUT2D eigenvalue weighted by molar-refractivity contribution is 9.10. The average Bonchev–Trinajstić information content (AvgIpc) is 2.62. The van der Waals surface area contributed by atoms with Crippen molar-refractivity contribution < 1.29 is 0 Å². The molecule has 0 fully saturated rings. The van der Waals surface area contributed by atoms with E-state index in [0.717, 1.165) is 17.3 Å². The maximum atomic E-state index is 4.39. The van der Waals surface area contributed by atoms with Crippen molar-refractivity contribution in [2.24, 2.45) is 0 Å². The number of hydrogen-bond acceptors (Lipinski definition) is 2. The summed E-state index contributed by atoms with van der Waals surface area (Å²) in [5.74, 6) is 0. The van der Waals surface area contributed by atoms with Gasteiger partial charge in [-0.15, -0.1) is 0 Å². The molecule has 16 heavy (non-hydrogen) atoms. The average molecular weight is 288 g/mol. The van der Waals surface area contributed by atoms with E-state index in [-0.39, 0.29) is 0 Å². The zero-order chi connectivity index (χ0) is 12.1. The van der Waals surface area contributed by atoms with Gasteiger partial charge >= 0.3 is 0 Å². The van der Waals surface area contributed by atoms with E-state index in [1.807, 2.05) is 13.2 Å². The third kappa shape index (κ3) is 3.32. The van der Waals surface area contributed by atoms with Gasteiger partial charge in [0.05, 0.1) is 16.4 Å². The summed E-state index contributed by atoms with van der Waals surface area (Å²) in [5.41, 5.74) is 1.31. The maximum absolute atomic E-state index is 4.39. The van der Waals surface area contributed by atoms with Gasteiger partial charge in [-0.3, -0.25) is 4.68 Å². The molecule has 0 bridgehead atoms. The molecule has 0 aliphatic carbocycles. The Bertz CT molecular complexity index is 316. The van der Waals surface area contributed by atoms with Crippen LogP contribution in [0.4, 0.5) is 0 Å². The van der Waals surface area contributed by atoms with Gasteiger partial charge in [-0.2, -0.15) is 5.10 Å². The van der Waals surface area contributed by atoms with E-state index in [1.54, 1.807) is 0 Å². The second-order valence-electron chi connectivity index (χ2n) is 4.41. The summed E-state index contributed by atoms with van der Waals surface area (Å²) >= 11 is 3.58. The van der Waals surface area contributed by atoms with E-state index < -0.39 is 0 Å². The molecule has 92 valence electrons. The van der Waals surface area contributed by atoms with E-state index in [1.165, 1.54) is 12.1 Å². The van der Waals surface area contributed by atoms with Crippen LogP contribution in [0, 0.1) is 0 Å². The third-order valence-electron chi connectivity index (χ3n) is 2.97. The SMILES string of the molecule is CCC(CCc1c(Br)cnn1C(C)C)NC. The maximum Gasteiger partial charge on any atom is 0.0635 e. The van der Waals surface area contributed by atoms with Gasteiger partial charge in [0.1, 0.15) is 0 Å². The Morgan fingerprint density at radius 1 is 1.50 bits per heavy atom. The van der Waals surface area contributed by atoms with Crippen LogP contribution in [0.15, 0.2) is 10.7 Å². The van der Waals surface area contributed by atoms with Gasteiger partial charge < -0.3 is 5.32 Å². The first kappa shape index (κ1) is 13.7. The Morgan fingerprint density at radius 3 is 2.69 bits per heavy atom. The van der Waals surface area contributed by atoms with Crippen molar-refractivity contribution in [1.29, 1.82) is 0 Å². The normalized spacial score (nSPS) is 13.4. The molecular weight excluding hydrogens is 266 g/mol. The van der Waals surface area contributed by atoms with Crippen LogP contribution < -0.4 is 5.32 Å². The van der Waals surface area contributed by atoms with E-state index in [2.05, 4.69) is 51.8 Å². The quantitative estimate of drug-likeness (QED) is 0.871. The Kier molecular flexibility index (Phi) is 5.49. The number of nitrogens with one attached hydrogen (secondary N) is 1. The van der Waals surface area contributed by atoms with E-state index in [4.69, 9.17) is 0 Å². The van der Waals surface area contributed by atoms with Gasteiger partial charge in [0.15, 0.2) is 0 Å². The highest BCUT2D eigenvalue weighted by atomic mass is 79.9. The second kappa shape index (κ2) is 6.40. The van der Waals surface area contributed by atoms with Crippen LogP contribution in [0.2, 0.25) is 0 Å². The van der Waals surface area contributed by atoms with E-state index in [9.17, 15) is 0 Å². The zero-order valence-corrected chi connectivity index (χ0v) is 12.2. The number of rotatable bonds is 6. The van der Waals surface area contributed by atoms with Crippen LogP contribution in [-0.2, 0) is 6.42 Å². The van der Waals surface area contributed by atoms with Crippen molar-refractivity contribution in [3.63, 3.8) is 0 Å². The van der Waals surface area contributed by atoms with Gasteiger partial charge in [0, 0.05) is 12.1 Å². The van der Waals surface area contributed by atoms with Gasteiger partial charge in [0.2, 0.25) is 0 Å². The summed E-state index contributed by atoms with van der Waals surface area (Å²) in [5, 5.41) is 7.73. The van der Waals surface area contributed by atoms with Crippen LogP contribution in [0.5, 0.6) is 0 Å². The second-order valence-corrected chi connectivity index (χ2v) is 5.26. The highest BCUT2D eigenvalue weighted by Crippen LogP contribution is 2.21.